The van der Waals surface area contributed by atoms with E-state index in [4.69, 9.17) is 9.47 Å². The van der Waals surface area contributed by atoms with Crippen molar-refractivity contribution in [3.63, 3.8) is 0 Å². The van der Waals surface area contributed by atoms with E-state index < -0.39 is 10.0 Å². The molecule has 0 saturated heterocycles. The van der Waals surface area contributed by atoms with E-state index >= 15 is 0 Å². The fourth-order valence-corrected chi connectivity index (χ4v) is 3.17. The third kappa shape index (κ3) is 4.99. The van der Waals surface area contributed by atoms with Crippen molar-refractivity contribution in [2.45, 2.75) is 18.2 Å². The highest BCUT2D eigenvalue weighted by Gasteiger charge is 2.17. The molecule has 0 radical (unpaired) electrons. The number of amides is 1. The minimum absolute atomic E-state index is 0.157. The molecular weight excluding hydrogens is 368 g/mol. The molecule has 0 aliphatic heterocycles. The van der Waals surface area contributed by atoms with Crippen molar-refractivity contribution >= 4 is 21.6 Å². The van der Waals surface area contributed by atoms with Crippen LogP contribution in [-0.2, 0) is 10.0 Å². The van der Waals surface area contributed by atoms with Crippen molar-refractivity contribution in [1.82, 2.24) is 4.31 Å². The number of ether oxygens (including phenoxy) is 2. The van der Waals surface area contributed by atoms with Crippen molar-refractivity contribution in [2.24, 2.45) is 0 Å². The van der Waals surface area contributed by atoms with Gasteiger partial charge in [-0.15, -0.1) is 0 Å². The Morgan fingerprint density at radius 1 is 1.07 bits per heavy atom. The summed E-state index contributed by atoms with van der Waals surface area (Å²) in [4.78, 5) is 12.6. The lowest BCUT2D eigenvalue weighted by atomic mass is 10.2. The summed E-state index contributed by atoms with van der Waals surface area (Å²) in [6.45, 7) is 2.56. The zero-order chi connectivity index (χ0) is 20.0. The van der Waals surface area contributed by atoms with Crippen LogP contribution in [0.4, 0.5) is 5.69 Å². The maximum atomic E-state index is 12.5. The summed E-state index contributed by atoms with van der Waals surface area (Å²) in [7, 11) is 0.937. The van der Waals surface area contributed by atoms with Crippen LogP contribution in [-0.4, -0.2) is 46.4 Å². The van der Waals surface area contributed by atoms with Crippen LogP contribution in [0, 0.1) is 0 Å². The molecule has 0 aliphatic carbocycles. The summed E-state index contributed by atoms with van der Waals surface area (Å²) in [6.07, 6.45) is 0.866. The molecule has 2 aromatic carbocycles. The van der Waals surface area contributed by atoms with Gasteiger partial charge in [0.25, 0.3) is 5.91 Å². The van der Waals surface area contributed by atoms with Gasteiger partial charge in [-0.2, -0.15) is 0 Å². The van der Waals surface area contributed by atoms with Gasteiger partial charge in [0.15, 0.2) is 11.5 Å². The first kappa shape index (κ1) is 20.7. The molecule has 7 nitrogen and oxygen atoms in total. The lowest BCUT2D eigenvalue weighted by Crippen LogP contribution is -2.22. The standard InChI is InChI=1S/C19H24N2O5S/c1-5-12-26-17-11-6-14(13-18(17)25-4)19(22)20-15-7-9-16(10-8-15)27(23,24)21(2)3/h6-11,13H,5,12H2,1-4H3,(H,20,22). The Balaban J connectivity index is 2.15. The molecule has 27 heavy (non-hydrogen) atoms. The molecule has 0 aromatic heterocycles. The zero-order valence-electron chi connectivity index (χ0n) is 15.9. The normalized spacial score (nSPS) is 11.3. The Morgan fingerprint density at radius 2 is 1.74 bits per heavy atom. The quantitative estimate of drug-likeness (QED) is 0.746. The summed E-state index contributed by atoms with van der Waals surface area (Å²) in [6, 6.07) is 10.9. The molecule has 0 saturated carbocycles. The van der Waals surface area contributed by atoms with E-state index in [1.165, 1.54) is 33.3 Å². The Bertz CT molecular complexity index is 893. The van der Waals surface area contributed by atoms with Crippen LogP contribution in [0.3, 0.4) is 0 Å². The van der Waals surface area contributed by atoms with Gasteiger partial charge >= 0.3 is 0 Å². The van der Waals surface area contributed by atoms with Gasteiger partial charge < -0.3 is 14.8 Å². The molecular formula is C19H24N2O5S. The predicted octanol–water partition coefficient (Wildman–Crippen LogP) is 2.99. The number of nitrogens with zero attached hydrogens (tertiary/aromatic N) is 1. The minimum Gasteiger partial charge on any atom is -0.493 e. The number of rotatable bonds is 8. The van der Waals surface area contributed by atoms with E-state index in [9.17, 15) is 13.2 Å². The number of methoxy groups -OCH3 is 1. The van der Waals surface area contributed by atoms with Crippen molar-refractivity contribution < 1.29 is 22.7 Å². The van der Waals surface area contributed by atoms with Crippen molar-refractivity contribution in [3.8, 4) is 11.5 Å². The van der Waals surface area contributed by atoms with Gasteiger partial charge in [-0.25, -0.2) is 12.7 Å². The lowest BCUT2D eigenvalue weighted by Gasteiger charge is -2.13. The second-order valence-corrected chi connectivity index (χ2v) is 8.13. The summed E-state index contributed by atoms with van der Waals surface area (Å²) in [5.74, 6) is 0.719. The van der Waals surface area contributed by atoms with Crippen molar-refractivity contribution in [2.75, 3.05) is 33.1 Å². The fraction of sp³-hybridized carbons (Fsp3) is 0.316. The number of hydrogen-bond acceptors (Lipinski definition) is 5. The summed E-state index contributed by atoms with van der Waals surface area (Å²) in [5.41, 5.74) is 0.892. The van der Waals surface area contributed by atoms with Crippen LogP contribution in [0.1, 0.15) is 23.7 Å². The highest BCUT2D eigenvalue weighted by Crippen LogP contribution is 2.28. The fourth-order valence-electron chi connectivity index (χ4n) is 2.26. The van der Waals surface area contributed by atoms with E-state index in [0.29, 0.717) is 29.4 Å². The number of sulfonamides is 1. The number of anilines is 1. The van der Waals surface area contributed by atoms with Gasteiger partial charge in [-0.05, 0) is 48.9 Å². The van der Waals surface area contributed by atoms with Crippen LogP contribution in [0.2, 0.25) is 0 Å². The minimum atomic E-state index is -3.51. The van der Waals surface area contributed by atoms with E-state index in [1.54, 1.807) is 30.3 Å². The van der Waals surface area contributed by atoms with Crippen molar-refractivity contribution in [3.05, 3.63) is 48.0 Å². The van der Waals surface area contributed by atoms with Gasteiger partial charge in [-0.3, -0.25) is 4.79 Å². The van der Waals surface area contributed by atoms with Crippen LogP contribution in [0.25, 0.3) is 0 Å². The smallest absolute Gasteiger partial charge is 0.255 e. The number of benzene rings is 2. The first-order valence-corrected chi connectivity index (χ1v) is 9.88. The molecule has 2 aromatic rings. The molecule has 1 N–H and O–H groups in total. The Morgan fingerprint density at radius 3 is 2.30 bits per heavy atom. The van der Waals surface area contributed by atoms with Gasteiger partial charge in [-0.1, -0.05) is 6.92 Å². The number of carbonyl (C=O) groups excluding carboxylic acids is 1. The van der Waals surface area contributed by atoms with E-state index in [-0.39, 0.29) is 10.8 Å². The number of hydrogen-bond donors (Lipinski definition) is 1. The lowest BCUT2D eigenvalue weighted by molar-refractivity contribution is 0.102. The van der Waals surface area contributed by atoms with E-state index in [0.717, 1.165) is 10.7 Å². The second kappa shape index (κ2) is 8.88. The Hall–Kier alpha value is -2.58. The molecule has 8 heteroatoms. The highest BCUT2D eigenvalue weighted by atomic mass is 32.2. The summed E-state index contributed by atoms with van der Waals surface area (Å²) >= 11 is 0. The van der Waals surface area contributed by atoms with E-state index in [2.05, 4.69) is 5.32 Å². The zero-order valence-corrected chi connectivity index (χ0v) is 16.7. The maximum absolute atomic E-state index is 12.5. The summed E-state index contributed by atoms with van der Waals surface area (Å²) < 4.78 is 36.1. The number of nitrogens with one attached hydrogen (secondary N) is 1. The van der Waals surface area contributed by atoms with Gasteiger partial charge in [0, 0.05) is 25.3 Å². The largest absolute Gasteiger partial charge is 0.493 e. The highest BCUT2D eigenvalue weighted by molar-refractivity contribution is 7.89. The third-order valence-corrected chi connectivity index (χ3v) is 5.61. The first-order chi connectivity index (χ1) is 12.8. The summed E-state index contributed by atoms with van der Waals surface area (Å²) in [5, 5.41) is 2.74. The van der Waals surface area contributed by atoms with E-state index in [1.807, 2.05) is 6.92 Å². The molecule has 0 bridgehead atoms. The topological polar surface area (TPSA) is 84.9 Å². The Kier molecular flexibility index (Phi) is 6.81. The molecule has 0 fully saturated rings. The van der Waals surface area contributed by atoms with Crippen LogP contribution in [0.5, 0.6) is 11.5 Å². The van der Waals surface area contributed by atoms with Gasteiger partial charge in [0.1, 0.15) is 0 Å². The molecule has 0 aliphatic rings. The average molecular weight is 392 g/mol. The third-order valence-electron chi connectivity index (χ3n) is 3.78. The number of carbonyl (C=O) groups is 1. The molecule has 2 rings (SSSR count). The Labute approximate surface area is 160 Å². The monoisotopic (exact) mass is 392 g/mol. The molecule has 0 spiro atoms. The van der Waals surface area contributed by atoms with Crippen LogP contribution < -0.4 is 14.8 Å². The molecule has 0 atom stereocenters. The second-order valence-electron chi connectivity index (χ2n) is 5.98. The average Bonchev–Trinajstić information content (AvgIpc) is 2.66. The first-order valence-electron chi connectivity index (χ1n) is 8.44. The van der Waals surface area contributed by atoms with Crippen LogP contribution >= 0.6 is 0 Å². The molecule has 1 amide bonds. The molecule has 0 heterocycles. The SMILES string of the molecule is CCCOc1ccc(C(=O)Nc2ccc(S(=O)(=O)N(C)C)cc2)cc1OC. The van der Waals surface area contributed by atoms with Crippen LogP contribution in [0.15, 0.2) is 47.4 Å². The molecule has 0 unspecified atom stereocenters. The molecule has 146 valence electrons. The maximum Gasteiger partial charge on any atom is 0.255 e. The van der Waals surface area contributed by atoms with Gasteiger partial charge in [0.05, 0.1) is 18.6 Å². The van der Waals surface area contributed by atoms with Gasteiger partial charge in [0.2, 0.25) is 10.0 Å². The predicted molar refractivity (Wildman–Crippen MR) is 104 cm³/mol. The van der Waals surface area contributed by atoms with Crippen molar-refractivity contribution in [1.29, 1.82) is 0 Å².